The number of benzene rings is 1. The van der Waals surface area contributed by atoms with E-state index in [9.17, 15) is 9.59 Å². The molecule has 1 aromatic carbocycles. The van der Waals surface area contributed by atoms with Crippen molar-refractivity contribution >= 4 is 23.4 Å². The number of amides is 4. The van der Waals surface area contributed by atoms with Gasteiger partial charge in [0, 0.05) is 57.1 Å². The zero-order chi connectivity index (χ0) is 23.2. The summed E-state index contributed by atoms with van der Waals surface area (Å²) in [5.74, 6) is -0.457. The van der Waals surface area contributed by atoms with Crippen LogP contribution in [0.15, 0.2) is 36.5 Å². The molecule has 9 nitrogen and oxygen atoms in total. The highest BCUT2D eigenvalue weighted by Gasteiger charge is 2.26. The van der Waals surface area contributed by atoms with Gasteiger partial charge in [0.25, 0.3) is 0 Å². The summed E-state index contributed by atoms with van der Waals surface area (Å²) in [5.41, 5.74) is 1.98. The molecule has 0 radical (unpaired) electrons. The first-order chi connectivity index (χ1) is 16.0. The Morgan fingerprint density at radius 3 is 2.42 bits per heavy atom. The lowest BCUT2D eigenvalue weighted by Gasteiger charge is -2.38. The highest BCUT2D eigenvalue weighted by Crippen LogP contribution is 2.21. The first-order valence-corrected chi connectivity index (χ1v) is 11.1. The number of halogens is 1. The Labute approximate surface area is 192 Å². The van der Waals surface area contributed by atoms with Gasteiger partial charge in [-0.1, -0.05) is 12.1 Å². The molecule has 2 saturated heterocycles. The number of urea groups is 2. The largest absolute Gasteiger partial charge is 0.378 e. The highest BCUT2D eigenvalue weighted by molar-refractivity contribution is 5.99. The van der Waals surface area contributed by atoms with Crippen LogP contribution in [0.1, 0.15) is 11.3 Å². The molecule has 4 amide bonds. The van der Waals surface area contributed by atoms with E-state index in [-0.39, 0.29) is 11.7 Å². The molecule has 0 unspecified atom stereocenters. The number of aryl methyl sites for hydroxylation is 1. The van der Waals surface area contributed by atoms with Crippen molar-refractivity contribution in [2.45, 2.75) is 13.5 Å². The minimum atomic E-state index is -0.535. The second kappa shape index (κ2) is 10.6. The number of anilines is 2. The molecule has 3 heterocycles. The highest BCUT2D eigenvalue weighted by atomic mass is 19.1. The SMILES string of the molecule is Cc1ccc(NC(=O)Nc2cccc(CN3CCN(C(=O)N4CCOCC4)CC3)c2F)cn1. The molecule has 0 atom stereocenters. The fourth-order valence-corrected chi connectivity index (χ4v) is 3.92. The number of rotatable bonds is 4. The number of ether oxygens (including phenoxy) is 1. The Hall–Kier alpha value is -3.24. The van der Waals surface area contributed by atoms with E-state index in [0.717, 1.165) is 5.69 Å². The summed E-state index contributed by atoms with van der Waals surface area (Å²) in [6.07, 6.45) is 1.55. The average molecular weight is 457 g/mol. The van der Waals surface area contributed by atoms with Crippen LogP contribution in [0.2, 0.25) is 0 Å². The third kappa shape index (κ3) is 5.96. The predicted octanol–water partition coefficient (Wildman–Crippen LogP) is 2.74. The summed E-state index contributed by atoms with van der Waals surface area (Å²) < 4.78 is 20.4. The van der Waals surface area contributed by atoms with Crippen molar-refractivity contribution in [2.75, 3.05) is 63.1 Å². The van der Waals surface area contributed by atoms with E-state index in [4.69, 9.17) is 4.74 Å². The average Bonchev–Trinajstić information content (AvgIpc) is 2.84. The standard InChI is InChI=1S/C23H29FN6O3/c1-17-5-6-19(15-25-17)26-22(31)27-20-4-2-3-18(21(20)24)16-28-7-9-29(10-8-28)23(32)30-11-13-33-14-12-30/h2-6,15H,7-14,16H2,1H3,(H2,26,27,31). The minimum Gasteiger partial charge on any atom is -0.378 e. The van der Waals surface area contributed by atoms with E-state index < -0.39 is 11.8 Å². The Morgan fingerprint density at radius 1 is 1.00 bits per heavy atom. The summed E-state index contributed by atoms with van der Waals surface area (Å²) in [6, 6.07) is 8.00. The second-order valence-electron chi connectivity index (χ2n) is 8.19. The number of hydrogen-bond donors (Lipinski definition) is 2. The van der Waals surface area contributed by atoms with Gasteiger partial charge in [-0.15, -0.1) is 0 Å². The third-order valence-electron chi connectivity index (χ3n) is 5.81. The van der Waals surface area contributed by atoms with Gasteiger partial charge in [-0.05, 0) is 25.1 Å². The van der Waals surface area contributed by atoms with Gasteiger partial charge >= 0.3 is 12.1 Å². The van der Waals surface area contributed by atoms with Gasteiger partial charge in [0.1, 0.15) is 0 Å². The number of piperazine rings is 1. The molecule has 4 rings (SSSR count). The molecule has 10 heteroatoms. The van der Waals surface area contributed by atoms with E-state index in [0.29, 0.717) is 70.3 Å². The molecule has 2 aromatic rings. The molecular weight excluding hydrogens is 427 g/mol. The monoisotopic (exact) mass is 456 g/mol. The van der Waals surface area contributed by atoms with Crippen LogP contribution in [0, 0.1) is 12.7 Å². The molecule has 0 aliphatic carbocycles. The fraction of sp³-hybridized carbons (Fsp3) is 0.435. The zero-order valence-corrected chi connectivity index (χ0v) is 18.7. The van der Waals surface area contributed by atoms with Crippen LogP contribution in [0.3, 0.4) is 0 Å². The van der Waals surface area contributed by atoms with Crippen molar-refractivity contribution in [2.24, 2.45) is 0 Å². The van der Waals surface area contributed by atoms with E-state index in [1.807, 2.05) is 16.7 Å². The van der Waals surface area contributed by atoms with Crippen LogP contribution < -0.4 is 10.6 Å². The molecule has 2 N–H and O–H groups in total. The van der Waals surface area contributed by atoms with E-state index in [1.54, 1.807) is 30.5 Å². The van der Waals surface area contributed by atoms with Crippen molar-refractivity contribution in [3.8, 4) is 0 Å². The Bertz CT molecular complexity index is 973. The van der Waals surface area contributed by atoms with Gasteiger partial charge in [-0.2, -0.15) is 0 Å². The van der Waals surface area contributed by atoms with Gasteiger partial charge in [-0.3, -0.25) is 9.88 Å². The Morgan fingerprint density at radius 2 is 1.73 bits per heavy atom. The van der Waals surface area contributed by atoms with Crippen LogP contribution in [0.25, 0.3) is 0 Å². The quantitative estimate of drug-likeness (QED) is 0.739. The molecule has 2 fully saturated rings. The van der Waals surface area contributed by atoms with Gasteiger partial charge in [0.2, 0.25) is 0 Å². The van der Waals surface area contributed by atoms with Gasteiger partial charge in [-0.25, -0.2) is 14.0 Å². The molecule has 2 aliphatic rings. The lowest BCUT2D eigenvalue weighted by molar-refractivity contribution is 0.0372. The number of carbonyl (C=O) groups is 2. The van der Waals surface area contributed by atoms with Crippen LogP contribution in [-0.2, 0) is 11.3 Å². The maximum Gasteiger partial charge on any atom is 0.323 e. The maximum atomic E-state index is 15.1. The lowest BCUT2D eigenvalue weighted by Crippen LogP contribution is -2.54. The first-order valence-electron chi connectivity index (χ1n) is 11.1. The smallest absolute Gasteiger partial charge is 0.323 e. The molecule has 2 aliphatic heterocycles. The van der Waals surface area contributed by atoms with Crippen LogP contribution in [0.5, 0.6) is 0 Å². The normalized spacial score (nSPS) is 17.0. The Kier molecular flexibility index (Phi) is 7.36. The van der Waals surface area contributed by atoms with Crippen molar-refractivity contribution in [1.29, 1.82) is 0 Å². The van der Waals surface area contributed by atoms with Crippen molar-refractivity contribution < 1.29 is 18.7 Å². The summed E-state index contributed by atoms with van der Waals surface area (Å²) >= 11 is 0. The van der Waals surface area contributed by atoms with Crippen molar-refractivity contribution in [3.05, 3.63) is 53.6 Å². The summed E-state index contributed by atoms with van der Waals surface area (Å²) in [6.45, 7) is 7.19. The molecule has 33 heavy (non-hydrogen) atoms. The Balaban J connectivity index is 1.30. The number of nitrogens with one attached hydrogen (secondary N) is 2. The number of morpholine rings is 1. The first kappa shape index (κ1) is 22.9. The van der Waals surface area contributed by atoms with Crippen molar-refractivity contribution in [1.82, 2.24) is 19.7 Å². The van der Waals surface area contributed by atoms with Gasteiger partial charge in [0.05, 0.1) is 30.8 Å². The maximum absolute atomic E-state index is 15.1. The molecule has 176 valence electrons. The lowest BCUT2D eigenvalue weighted by atomic mass is 10.1. The van der Waals surface area contributed by atoms with Gasteiger partial charge in [0.15, 0.2) is 5.82 Å². The van der Waals surface area contributed by atoms with Crippen LogP contribution >= 0.6 is 0 Å². The predicted molar refractivity (Wildman–Crippen MR) is 123 cm³/mol. The molecule has 0 saturated carbocycles. The number of pyridine rings is 1. The topological polar surface area (TPSA) is 90.0 Å². The number of nitrogens with zero attached hydrogens (tertiary/aromatic N) is 4. The molecule has 1 aromatic heterocycles. The fourth-order valence-electron chi connectivity index (χ4n) is 3.92. The summed E-state index contributed by atoms with van der Waals surface area (Å²) in [4.78, 5) is 34.8. The third-order valence-corrected chi connectivity index (χ3v) is 5.81. The number of hydrogen-bond acceptors (Lipinski definition) is 5. The summed E-state index contributed by atoms with van der Waals surface area (Å²) in [7, 11) is 0. The van der Waals surface area contributed by atoms with Crippen molar-refractivity contribution in [3.63, 3.8) is 0 Å². The van der Waals surface area contributed by atoms with Crippen LogP contribution in [-0.4, -0.2) is 84.2 Å². The van der Waals surface area contributed by atoms with E-state index >= 15 is 4.39 Å². The number of aromatic nitrogens is 1. The summed E-state index contributed by atoms with van der Waals surface area (Å²) in [5, 5.41) is 5.22. The minimum absolute atomic E-state index is 0.0464. The molecular formula is C23H29FN6O3. The van der Waals surface area contributed by atoms with E-state index in [2.05, 4.69) is 20.5 Å². The second-order valence-corrected chi connectivity index (χ2v) is 8.19. The van der Waals surface area contributed by atoms with Crippen LogP contribution in [0.4, 0.5) is 25.4 Å². The number of carbonyl (C=O) groups excluding carboxylic acids is 2. The zero-order valence-electron chi connectivity index (χ0n) is 18.7. The molecule has 0 bridgehead atoms. The molecule has 0 spiro atoms. The van der Waals surface area contributed by atoms with Gasteiger partial charge < -0.3 is 25.2 Å². The van der Waals surface area contributed by atoms with E-state index in [1.165, 1.54) is 6.07 Å².